The van der Waals surface area contributed by atoms with Crippen LogP contribution in [0.25, 0.3) is 11.3 Å². The molecule has 1 aliphatic rings. The minimum absolute atomic E-state index is 0.335. The third-order valence-corrected chi connectivity index (χ3v) is 6.77. The van der Waals surface area contributed by atoms with Crippen LogP contribution in [0.15, 0.2) is 76.5 Å². The van der Waals surface area contributed by atoms with Crippen LogP contribution in [-0.2, 0) is 19.1 Å². The molecule has 0 saturated heterocycles. The van der Waals surface area contributed by atoms with Crippen molar-refractivity contribution in [1.82, 2.24) is 10.3 Å². The van der Waals surface area contributed by atoms with Crippen LogP contribution in [-0.4, -0.2) is 37.0 Å². The number of anilines is 2. The second-order valence-corrected chi connectivity index (χ2v) is 9.21. The number of nitrogens with zero attached hydrogens (tertiary/aromatic N) is 1. The molecule has 0 aliphatic carbocycles. The number of nitrogens with two attached hydrogens (primary N) is 1. The first-order chi connectivity index (χ1) is 17.7. The van der Waals surface area contributed by atoms with Gasteiger partial charge in [0.25, 0.3) is 0 Å². The van der Waals surface area contributed by atoms with Gasteiger partial charge in [-0.2, -0.15) is 0 Å². The fourth-order valence-corrected chi connectivity index (χ4v) is 5.02. The number of methoxy groups -OCH3 is 2. The SMILES string of the molecule is COC(=O)C1=C(C)NC(C)=C(C(=O)OC)C1c1cccc(Nc2nc(-c3ccc(C(N)=O)cc3)cs2)c1. The van der Waals surface area contributed by atoms with Crippen molar-refractivity contribution in [1.29, 1.82) is 0 Å². The van der Waals surface area contributed by atoms with E-state index in [1.165, 1.54) is 25.6 Å². The molecule has 4 rings (SSSR count). The molecule has 0 spiro atoms. The molecule has 4 N–H and O–H groups in total. The lowest BCUT2D eigenvalue weighted by atomic mass is 9.80. The second kappa shape index (κ2) is 10.7. The Morgan fingerprint density at radius 3 is 2.16 bits per heavy atom. The number of allylic oxidation sites excluding steroid dienone is 2. The van der Waals surface area contributed by atoms with E-state index >= 15 is 0 Å². The molecule has 37 heavy (non-hydrogen) atoms. The average Bonchev–Trinajstić information content (AvgIpc) is 3.36. The number of carbonyl (C=O) groups excluding carboxylic acids is 3. The fraction of sp³-hybridized carbons (Fsp3) is 0.185. The maximum Gasteiger partial charge on any atom is 0.336 e. The number of carbonyl (C=O) groups is 3. The lowest BCUT2D eigenvalue weighted by Gasteiger charge is -2.30. The summed E-state index contributed by atoms with van der Waals surface area (Å²) in [6, 6.07) is 14.3. The summed E-state index contributed by atoms with van der Waals surface area (Å²) in [5, 5.41) is 8.95. The highest BCUT2D eigenvalue weighted by Crippen LogP contribution is 2.40. The Morgan fingerprint density at radius 1 is 0.973 bits per heavy atom. The highest BCUT2D eigenvalue weighted by molar-refractivity contribution is 7.14. The summed E-state index contributed by atoms with van der Waals surface area (Å²) >= 11 is 1.42. The number of hydrogen-bond donors (Lipinski definition) is 3. The van der Waals surface area contributed by atoms with Gasteiger partial charge in [0.1, 0.15) is 0 Å². The van der Waals surface area contributed by atoms with Gasteiger partial charge in [0.2, 0.25) is 5.91 Å². The molecule has 0 fully saturated rings. The van der Waals surface area contributed by atoms with Crippen LogP contribution < -0.4 is 16.4 Å². The van der Waals surface area contributed by atoms with Gasteiger partial charge in [-0.25, -0.2) is 14.6 Å². The molecule has 10 heteroatoms. The summed E-state index contributed by atoms with van der Waals surface area (Å²) in [5.74, 6) is -2.23. The summed E-state index contributed by atoms with van der Waals surface area (Å²) in [7, 11) is 2.62. The van der Waals surface area contributed by atoms with Crippen molar-refractivity contribution in [2.75, 3.05) is 19.5 Å². The van der Waals surface area contributed by atoms with Crippen molar-refractivity contribution in [3.63, 3.8) is 0 Å². The zero-order valence-corrected chi connectivity index (χ0v) is 21.6. The van der Waals surface area contributed by atoms with Crippen LogP contribution in [0.5, 0.6) is 0 Å². The number of aromatic nitrogens is 1. The topological polar surface area (TPSA) is 133 Å². The van der Waals surface area contributed by atoms with Gasteiger partial charge in [-0.3, -0.25) is 4.79 Å². The molecule has 1 aliphatic heterocycles. The van der Waals surface area contributed by atoms with E-state index in [-0.39, 0.29) is 0 Å². The van der Waals surface area contributed by atoms with Crippen molar-refractivity contribution < 1.29 is 23.9 Å². The molecule has 0 saturated carbocycles. The molecular weight excluding hydrogens is 492 g/mol. The number of thiazole rings is 1. The third kappa shape index (κ3) is 5.24. The Bertz CT molecular complexity index is 1400. The zero-order chi connectivity index (χ0) is 26.7. The molecular formula is C27H26N4O5S. The minimum atomic E-state index is -0.682. The van der Waals surface area contributed by atoms with E-state index in [2.05, 4.69) is 15.6 Å². The van der Waals surface area contributed by atoms with Gasteiger partial charge in [0, 0.05) is 33.6 Å². The van der Waals surface area contributed by atoms with Crippen LogP contribution in [0, 0.1) is 0 Å². The quantitative estimate of drug-likeness (QED) is 0.396. The molecule has 1 amide bonds. The van der Waals surface area contributed by atoms with Gasteiger partial charge in [0.15, 0.2) is 5.13 Å². The van der Waals surface area contributed by atoms with Crippen LogP contribution in [0.4, 0.5) is 10.8 Å². The molecule has 3 aromatic rings. The number of esters is 2. The van der Waals surface area contributed by atoms with Crippen molar-refractivity contribution in [2.45, 2.75) is 19.8 Å². The molecule has 0 atom stereocenters. The predicted molar refractivity (Wildman–Crippen MR) is 141 cm³/mol. The van der Waals surface area contributed by atoms with Crippen LogP contribution in [0.3, 0.4) is 0 Å². The Hall–Kier alpha value is -4.44. The van der Waals surface area contributed by atoms with Crippen LogP contribution in [0.2, 0.25) is 0 Å². The van der Waals surface area contributed by atoms with Crippen LogP contribution >= 0.6 is 11.3 Å². The number of nitrogens with one attached hydrogen (secondary N) is 2. The summed E-state index contributed by atoms with van der Waals surface area (Å²) in [5.41, 5.74) is 10.7. The van der Waals surface area contributed by atoms with Crippen molar-refractivity contribution in [3.05, 3.63) is 87.6 Å². The van der Waals surface area contributed by atoms with Gasteiger partial charge in [-0.15, -0.1) is 11.3 Å². The van der Waals surface area contributed by atoms with E-state index in [0.29, 0.717) is 38.8 Å². The number of hydrogen-bond acceptors (Lipinski definition) is 9. The molecule has 0 unspecified atom stereocenters. The minimum Gasteiger partial charge on any atom is -0.466 e. The number of primary amides is 1. The molecule has 9 nitrogen and oxygen atoms in total. The van der Waals surface area contributed by atoms with Crippen molar-refractivity contribution in [3.8, 4) is 11.3 Å². The Morgan fingerprint density at radius 2 is 1.59 bits per heavy atom. The average molecular weight is 519 g/mol. The Labute approximate surface area is 218 Å². The first kappa shape index (κ1) is 25.6. The maximum atomic E-state index is 12.8. The Kier molecular flexibility index (Phi) is 7.40. The molecule has 1 aromatic heterocycles. The standard InChI is InChI=1S/C27H26N4O5S/c1-14-21(25(33)35-3)23(22(15(2)29-14)26(34)36-4)18-6-5-7-19(12-18)30-27-31-20(13-37-27)16-8-10-17(11-9-16)24(28)32/h5-13,23,29H,1-4H3,(H2,28,32)(H,30,31). The maximum absolute atomic E-state index is 12.8. The molecule has 2 heterocycles. The van der Waals surface area contributed by atoms with E-state index in [1.807, 2.05) is 29.6 Å². The van der Waals surface area contributed by atoms with E-state index in [1.54, 1.807) is 38.1 Å². The highest BCUT2D eigenvalue weighted by Gasteiger charge is 2.37. The number of benzene rings is 2. The molecule has 190 valence electrons. The normalized spacial score (nSPS) is 13.7. The van der Waals surface area contributed by atoms with Crippen molar-refractivity contribution in [2.24, 2.45) is 5.73 Å². The molecule has 0 bridgehead atoms. The summed E-state index contributed by atoms with van der Waals surface area (Å²) in [6.07, 6.45) is 0. The molecule has 2 aromatic carbocycles. The number of rotatable bonds is 7. The first-order valence-corrected chi connectivity index (χ1v) is 12.2. The van der Waals surface area contributed by atoms with Gasteiger partial charge in [0.05, 0.1) is 37.0 Å². The number of amides is 1. The second-order valence-electron chi connectivity index (χ2n) is 8.35. The summed E-state index contributed by atoms with van der Waals surface area (Å²) in [4.78, 5) is 41.5. The number of ether oxygens (including phenoxy) is 2. The third-order valence-electron chi connectivity index (χ3n) is 6.01. The smallest absolute Gasteiger partial charge is 0.336 e. The summed E-state index contributed by atoms with van der Waals surface area (Å²) < 4.78 is 10.1. The lowest BCUT2D eigenvalue weighted by Crippen LogP contribution is -2.32. The lowest BCUT2D eigenvalue weighted by molar-refractivity contribution is -0.137. The Balaban J connectivity index is 1.66. The fourth-order valence-electron chi connectivity index (χ4n) is 4.28. The summed E-state index contributed by atoms with van der Waals surface area (Å²) in [6.45, 7) is 3.54. The van der Waals surface area contributed by atoms with E-state index < -0.39 is 23.8 Å². The van der Waals surface area contributed by atoms with E-state index in [4.69, 9.17) is 15.2 Å². The van der Waals surface area contributed by atoms with E-state index in [0.717, 1.165) is 16.9 Å². The van der Waals surface area contributed by atoms with Crippen molar-refractivity contribution >= 4 is 40.0 Å². The van der Waals surface area contributed by atoms with Gasteiger partial charge >= 0.3 is 11.9 Å². The van der Waals surface area contributed by atoms with Gasteiger partial charge < -0.3 is 25.8 Å². The largest absolute Gasteiger partial charge is 0.466 e. The molecule has 0 radical (unpaired) electrons. The van der Waals surface area contributed by atoms with Gasteiger partial charge in [-0.1, -0.05) is 24.3 Å². The van der Waals surface area contributed by atoms with Gasteiger partial charge in [-0.05, 0) is 43.7 Å². The van der Waals surface area contributed by atoms with E-state index in [9.17, 15) is 14.4 Å². The number of dihydropyridines is 1. The predicted octanol–water partition coefficient (Wildman–Crippen LogP) is 4.23. The van der Waals surface area contributed by atoms with Crippen LogP contribution in [0.1, 0.15) is 35.7 Å². The first-order valence-electron chi connectivity index (χ1n) is 11.3. The zero-order valence-electron chi connectivity index (χ0n) is 20.7. The monoisotopic (exact) mass is 518 g/mol. The highest BCUT2D eigenvalue weighted by atomic mass is 32.1.